The van der Waals surface area contributed by atoms with Gasteiger partial charge in [-0.25, -0.2) is 0 Å². The van der Waals surface area contributed by atoms with E-state index in [1.54, 1.807) is 0 Å². The summed E-state index contributed by atoms with van der Waals surface area (Å²) in [5.74, 6) is -1.78. The van der Waals surface area contributed by atoms with E-state index in [2.05, 4.69) is 15.9 Å². The van der Waals surface area contributed by atoms with Crippen molar-refractivity contribution in [2.24, 2.45) is 11.7 Å². The molecule has 1 aromatic carbocycles. The first-order valence-electron chi connectivity index (χ1n) is 6.15. The largest absolute Gasteiger partial charge is 0.417 e. The van der Waals surface area contributed by atoms with E-state index in [0.29, 0.717) is 6.42 Å². The highest BCUT2D eigenvalue weighted by atomic mass is 79.9. The summed E-state index contributed by atoms with van der Waals surface area (Å²) in [6.45, 7) is 0.279. The summed E-state index contributed by atoms with van der Waals surface area (Å²) in [6, 6.07) is 3.38. The van der Waals surface area contributed by atoms with Gasteiger partial charge in [0.15, 0.2) is 0 Å². The molecule has 0 bridgehead atoms. The third-order valence-electron chi connectivity index (χ3n) is 3.40. The number of hydrogen-bond donors (Lipinski definition) is 1. The van der Waals surface area contributed by atoms with Crippen LogP contribution in [0.1, 0.15) is 22.3 Å². The van der Waals surface area contributed by atoms with Crippen molar-refractivity contribution in [3.05, 3.63) is 33.8 Å². The SMILES string of the molecule is NC(=O)C1CCN(C(=O)c2ccc(Br)cc2C(F)(F)F)C1. The monoisotopic (exact) mass is 364 g/mol. The summed E-state index contributed by atoms with van der Waals surface area (Å²) >= 11 is 2.96. The lowest BCUT2D eigenvalue weighted by Crippen LogP contribution is -2.33. The molecule has 1 aliphatic rings. The van der Waals surface area contributed by atoms with Crippen molar-refractivity contribution >= 4 is 27.7 Å². The Balaban J connectivity index is 2.30. The van der Waals surface area contributed by atoms with Crippen molar-refractivity contribution < 1.29 is 22.8 Å². The van der Waals surface area contributed by atoms with Crippen LogP contribution in [0.4, 0.5) is 13.2 Å². The molecule has 1 heterocycles. The molecule has 2 N–H and O–H groups in total. The highest BCUT2D eigenvalue weighted by molar-refractivity contribution is 9.10. The summed E-state index contributed by atoms with van der Waals surface area (Å²) in [6.07, 6.45) is -4.25. The first-order chi connectivity index (χ1) is 9.70. The van der Waals surface area contributed by atoms with Gasteiger partial charge in [0.25, 0.3) is 5.91 Å². The fraction of sp³-hybridized carbons (Fsp3) is 0.385. The molecule has 2 amide bonds. The van der Waals surface area contributed by atoms with Crippen LogP contribution in [0.2, 0.25) is 0 Å². The number of nitrogens with two attached hydrogens (primary N) is 1. The smallest absolute Gasteiger partial charge is 0.369 e. The average Bonchev–Trinajstić information content (AvgIpc) is 2.86. The second-order valence-electron chi connectivity index (χ2n) is 4.83. The lowest BCUT2D eigenvalue weighted by molar-refractivity contribution is -0.138. The van der Waals surface area contributed by atoms with Crippen molar-refractivity contribution in [3.8, 4) is 0 Å². The fourth-order valence-electron chi connectivity index (χ4n) is 2.28. The highest BCUT2D eigenvalue weighted by Crippen LogP contribution is 2.35. The summed E-state index contributed by atoms with van der Waals surface area (Å²) < 4.78 is 39.3. The molecule has 1 saturated heterocycles. The van der Waals surface area contributed by atoms with Gasteiger partial charge in [-0.05, 0) is 24.6 Å². The zero-order valence-corrected chi connectivity index (χ0v) is 12.4. The van der Waals surface area contributed by atoms with E-state index in [4.69, 9.17) is 5.73 Å². The van der Waals surface area contributed by atoms with Gasteiger partial charge < -0.3 is 10.6 Å². The predicted molar refractivity (Wildman–Crippen MR) is 72.3 cm³/mol. The molecule has 1 aliphatic heterocycles. The quantitative estimate of drug-likeness (QED) is 0.875. The molecule has 0 saturated carbocycles. The van der Waals surface area contributed by atoms with Gasteiger partial charge in [-0.2, -0.15) is 13.2 Å². The average molecular weight is 365 g/mol. The number of alkyl halides is 3. The number of hydrogen-bond acceptors (Lipinski definition) is 2. The Labute approximate surface area is 127 Å². The number of nitrogens with zero attached hydrogens (tertiary/aromatic N) is 1. The number of amides is 2. The van der Waals surface area contributed by atoms with Crippen molar-refractivity contribution in [1.82, 2.24) is 4.90 Å². The molecule has 0 radical (unpaired) electrons. The molecule has 0 aromatic heterocycles. The Kier molecular flexibility index (Phi) is 4.27. The van der Waals surface area contributed by atoms with Crippen LogP contribution in [0.5, 0.6) is 0 Å². The number of primary amides is 1. The van der Waals surface area contributed by atoms with Gasteiger partial charge in [-0.1, -0.05) is 15.9 Å². The molecule has 0 aliphatic carbocycles. The molecule has 2 rings (SSSR count). The van der Waals surface area contributed by atoms with Crippen LogP contribution in [0.15, 0.2) is 22.7 Å². The summed E-state index contributed by atoms with van der Waals surface area (Å²) in [4.78, 5) is 24.6. The summed E-state index contributed by atoms with van der Waals surface area (Å²) in [5, 5.41) is 0. The number of likely N-dealkylation sites (tertiary alicyclic amines) is 1. The second-order valence-corrected chi connectivity index (χ2v) is 5.74. The van der Waals surface area contributed by atoms with E-state index in [-0.39, 0.29) is 17.6 Å². The summed E-state index contributed by atoms with van der Waals surface area (Å²) in [7, 11) is 0. The van der Waals surface area contributed by atoms with E-state index in [9.17, 15) is 22.8 Å². The zero-order chi connectivity index (χ0) is 15.8. The number of carbonyl (C=O) groups excluding carboxylic acids is 2. The lowest BCUT2D eigenvalue weighted by Gasteiger charge is -2.19. The van der Waals surface area contributed by atoms with Crippen LogP contribution in [0.25, 0.3) is 0 Å². The maximum Gasteiger partial charge on any atom is 0.417 e. The molecule has 1 fully saturated rings. The molecule has 1 unspecified atom stereocenters. The standard InChI is InChI=1S/C13H12BrF3N2O2/c14-8-1-2-9(10(5-8)13(15,16)17)12(21)19-4-3-7(6-19)11(18)20/h1-2,5,7H,3-4,6H2,(H2,18,20). The van der Waals surface area contributed by atoms with Crippen molar-refractivity contribution in [2.45, 2.75) is 12.6 Å². The molecule has 0 spiro atoms. The number of rotatable bonds is 2. The molecule has 4 nitrogen and oxygen atoms in total. The molecule has 114 valence electrons. The molecule has 1 atom stereocenters. The van der Waals surface area contributed by atoms with Gasteiger partial charge in [-0.15, -0.1) is 0 Å². The predicted octanol–water partition coefficient (Wildman–Crippen LogP) is 2.42. The van der Waals surface area contributed by atoms with Gasteiger partial charge >= 0.3 is 6.18 Å². The Morgan fingerprint density at radius 2 is 2.00 bits per heavy atom. The Bertz CT molecular complexity index is 589. The van der Waals surface area contributed by atoms with E-state index in [1.807, 2.05) is 0 Å². The van der Waals surface area contributed by atoms with Crippen LogP contribution in [0.3, 0.4) is 0 Å². The van der Waals surface area contributed by atoms with Crippen LogP contribution in [-0.2, 0) is 11.0 Å². The van der Waals surface area contributed by atoms with Gasteiger partial charge in [0.1, 0.15) is 0 Å². The number of halogens is 4. The molecule has 1 aromatic rings. The molecular formula is C13H12BrF3N2O2. The van der Waals surface area contributed by atoms with Gasteiger partial charge in [0.2, 0.25) is 5.91 Å². The van der Waals surface area contributed by atoms with Crippen molar-refractivity contribution in [3.63, 3.8) is 0 Å². The first kappa shape index (κ1) is 15.8. The van der Waals surface area contributed by atoms with Crippen LogP contribution < -0.4 is 5.73 Å². The zero-order valence-electron chi connectivity index (χ0n) is 10.8. The minimum Gasteiger partial charge on any atom is -0.369 e. The highest BCUT2D eigenvalue weighted by Gasteiger charge is 2.38. The van der Waals surface area contributed by atoms with Crippen molar-refractivity contribution in [1.29, 1.82) is 0 Å². The third kappa shape index (κ3) is 3.37. The summed E-state index contributed by atoms with van der Waals surface area (Å²) in [5.41, 5.74) is 3.74. The van der Waals surface area contributed by atoms with Gasteiger partial charge in [-0.3, -0.25) is 9.59 Å². The number of benzene rings is 1. The van der Waals surface area contributed by atoms with E-state index in [0.717, 1.165) is 12.1 Å². The van der Waals surface area contributed by atoms with E-state index in [1.165, 1.54) is 11.0 Å². The van der Waals surface area contributed by atoms with Crippen LogP contribution >= 0.6 is 15.9 Å². The Morgan fingerprint density at radius 3 is 2.52 bits per heavy atom. The van der Waals surface area contributed by atoms with Crippen molar-refractivity contribution in [2.75, 3.05) is 13.1 Å². The van der Waals surface area contributed by atoms with Crippen LogP contribution in [-0.4, -0.2) is 29.8 Å². The topological polar surface area (TPSA) is 63.4 Å². The molecule has 21 heavy (non-hydrogen) atoms. The Morgan fingerprint density at radius 1 is 1.33 bits per heavy atom. The first-order valence-corrected chi connectivity index (χ1v) is 6.95. The maximum atomic E-state index is 13.0. The van der Waals surface area contributed by atoms with Gasteiger partial charge in [0, 0.05) is 17.6 Å². The van der Waals surface area contributed by atoms with E-state index < -0.39 is 35.0 Å². The second kappa shape index (κ2) is 5.67. The fourth-order valence-corrected chi connectivity index (χ4v) is 2.65. The normalized spacial score (nSPS) is 18.9. The van der Waals surface area contributed by atoms with Gasteiger partial charge in [0.05, 0.1) is 17.0 Å². The number of carbonyl (C=O) groups is 2. The third-order valence-corrected chi connectivity index (χ3v) is 3.89. The molecular weight excluding hydrogens is 353 g/mol. The maximum absolute atomic E-state index is 13.0. The van der Waals surface area contributed by atoms with E-state index >= 15 is 0 Å². The minimum atomic E-state index is -4.63. The molecule has 8 heteroatoms. The minimum absolute atomic E-state index is 0.0571. The lowest BCUT2D eigenvalue weighted by atomic mass is 10.1. The Hall–Kier alpha value is -1.57. The van der Waals surface area contributed by atoms with Crippen LogP contribution in [0, 0.1) is 5.92 Å².